The van der Waals surface area contributed by atoms with Gasteiger partial charge in [-0.05, 0) is 42.0 Å². The average molecular weight is 386 g/mol. The number of nitrogens with zero attached hydrogens (tertiary/aromatic N) is 1. The zero-order chi connectivity index (χ0) is 20.0. The Labute approximate surface area is 160 Å². The Balaban J connectivity index is 1.60. The van der Waals surface area contributed by atoms with E-state index < -0.39 is 17.6 Å². The predicted molar refractivity (Wildman–Crippen MR) is 97.6 cm³/mol. The Morgan fingerprint density at radius 2 is 1.79 bits per heavy atom. The van der Waals surface area contributed by atoms with Gasteiger partial charge in [0.25, 0.3) is 5.91 Å². The molecule has 0 saturated heterocycles. The lowest BCUT2D eigenvalue weighted by molar-refractivity contribution is -0.137. The highest BCUT2D eigenvalue weighted by Crippen LogP contribution is 2.29. The van der Waals surface area contributed by atoms with E-state index in [9.17, 15) is 18.0 Å². The van der Waals surface area contributed by atoms with Gasteiger partial charge in [0.1, 0.15) is 12.4 Å². The molecule has 0 spiro atoms. The van der Waals surface area contributed by atoms with Gasteiger partial charge in [0, 0.05) is 30.1 Å². The topological polar surface area (TPSA) is 51.2 Å². The minimum Gasteiger partial charge on any atom is -0.489 e. The first kappa shape index (κ1) is 19.4. The fourth-order valence-corrected chi connectivity index (χ4v) is 2.52. The molecule has 1 heterocycles. The second kappa shape index (κ2) is 8.56. The molecule has 0 aliphatic carbocycles. The number of carbonyl (C=O) groups excluding carboxylic acids is 1. The van der Waals surface area contributed by atoms with Gasteiger partial charge in [-0.25, -0.2) is 0 Å². The highest BCUT2D eigenvalue weighted by Gasteiger charge is 2.30. The van der Waals surface area contributed by atoms with Crippen molar-refractivity contribution < 1.29 is 22.7 Å². The zero-order valence-corrected chi connectivity index (χ0v) is 14.7. The summed E-state index contributed by atoms with van der Waals surface area (Å²) in [7, 11) is 0. The van der Waals surface area contributed by atoms with Gasteiger partial charge in [-0.1, -0.05) is 24.3 Å². The first-order valence-corrected chi connectivity index (χ1v) is 8.48. The van der Waals surface area contributed by atoms with Crippen LogP contribution in [0.3, 0.4) is 0 Å². The lowest BCUT2D eigenvalue weighted by atomic mass is 10.1. The van der Waals surface area contributed by atoms with E-state index in [1.54, 1.807) is 42.7 Å². The molecule has 7 heteroatoms. The Morgan fingerprint density at radius 1 is 1.00 bits per heavy atom. The van der Waals surface area contributed by atoms with E-state index in [0.717, 1.165) is 17.7 Å². The van der Waals surface area contributed by atoms with Crippen molar-refractivity contribution in [2.75, 3.05) is 0 Å². The van der Waals surface area contributed by atoms with Crippen LogP contribution in [0, 0.1) is 0 Å². The van der Waals surface area contributed by atoms with Gasteiger partial charge >= 0.3 is 6.18 Å². The molecule has 1 N–H and O–H groups in total. The van der Waals surface area contributed by atoms with Crippen LogP contribution in [0.5, 0.6) is 5.75 Å². The van der Waals surface area contributed by atoms with Crippen LogP contribution in [0.1, 0.15) is 27.0 Å². The molecule has 0 bridgehead atoms. The third kappa shape index (κ3) is 5.33. The van der Waals surface area contributed by atoms with Crippen LogP contribution in [0.4, 0.5) is 13.2 Å². The van der Waals surface area contributed by atoms with Crippen LogP contribution in [-0.2, 0) is 19.3 Å². The Hall–Kier alpha value is -3.35. The van der Waals surface area contributed by atoms with Gasteiger partial charge in [0.15, 0.2) is 0 Å². The maximum Gasteiger partial charge on any atom is 0.416 e. The summed E-state index contributed by atoms with van der Waals surface area (Å²) in [5, 5.41) is 2.62. The SMILES string of the molecule is O=C(NCc1cccc(C(F)(F)F)c1)c1cccc(OCc2cccnc2)c1. The number of ether oxygens (including phenoxy) is 1. The van der Waals surface area contributed by atoms with Gasteiger partial charge in [0.2, 0.25) is 0 Å². The van der Waals surface area contributed by atoms with E-state index >= 15 is 0 Å². The minimum atomic E-state index is -4.42. The summed E-state index contributed by atoms with van der Waals surface area (Å²) in [6.45, 7) is 0.298. The van der Waals surface area contributed by atoms with Gasteiger partial charge < -0.3 is 10.1 Å². The van der Waals surface area contributed by atoms with Gasteiger partial charge in [-0.2, -0.15) is 13.2 Å². The Bertz CT molecular complexity index is 944. The van der Waals surface area contributed by atoms with Gasteiger partial charge in [0.05, 0.1) is 5.56 Å². The summed E-state index contributed by atoms with van der Waals surface area (Å²) in [5.74, 6) is 0.111. The van der Waals surface area contributed by atoms with Crippen molar-refractivity contribution in [1.82, 2.24) is 10.3 Å². The van der Waals surface area contributed by atoms with Crippen molar-refractivity contribution in [2.24, 2.45) is 0 Å². The third-order valence-electron chi connectivity index (χ3n) is 3.93. The fraction of sp³-hybridized carbons (Fsp3) is 0.143. The molecule has 28 heavy (non-hydrogen) atoms. The van der Waals surface area contributed by atoms with E-state index in [1.807, 2.05) is 6.07 Å². The number of alkyl halides is 3. The Kier molecular flexibility index (Phi) is 5.93. The molecule has 0 fully saturated rings. The normalized spacial score (nSPS) is 11.1. The van der Waals surface area contributed by atoms with Crippen LogP contribution >= 0.6 is 0 Å². The van der Waals surface area contributed by atoms with Crippen molar-refractivity contribution in [2.45, 2.75) is 19.3 Å². The molecular weight excluding hydrogens is 369 g/mol. The largest absolute Gasteiger partial charge is 0.489 e. The van der Waals surface area contributed by atoms with Crippen molar-refractivity contribution in [3.63, 3.8) is 0 Å². The number of hydrogen-bond acceptors (Lipinski definition) is 3. The molecule has 2 aromatic carbocycles. The lowest BCUT2D eigenvalue weighted by Gasteiger charge is -2.10. The molecule has 1 amide bonds. The highest BCUT2D eigenvalue weighted by atomic mass is 19.4. The van der Waals surface area contributed by atoms with Crippen LogP contribution in [-0.4, -0.2) is 10.9 Å². The van der Waals surface area contributed by atoms with Crippen LogP contribution in [0.15, 0.2) is 73.1 Å². The highest BCUT2D eigenvalue weighted by molar-refractivity contribution is 5.94. The van der Waals surface area contributed by atoms with Crippen molar-refractivity contribution in [3.05, 3.63) is 95.3 Å². The summed E-state index contributed by atoms with van der Waals surface area (Å²) < 4.78 is 44.0. The molecule has 0 atom stereocenters. The second-order valence-electron chi connectivity index (χ2n) is 6.06. The van der Waals surface area contributed by atoms with E-state index in [4.69, 9.17) is 4.74 Å². The molecule has 144 valence electrons. The van der Waals surface area contributed by atoms with E-state index in [2.05, 4.69) is 10.3 Å². The number of pyridine rings is 1. The standard InChI is InChI=1S/C21H17F3N2O2/c22-21(23,24)18-7-1-4-15(10-18)13-26-20(27)17-6-2-8-19(11-17)28-14-16-5-3-9-25-12-16/h1-12H,13-14H2,(H,26,27). The summed E-state index contributed by atoms with van der Waals surface area (Å²) >= 11 is 0. The molecule has 1 aromatic heterocycles. The second-order valence-corrected chi connectivity index (χ2v) is 6.06. The van der Waals surface area contributed by atoms with Crippen molar-refractivity contribution in [1.29, 1.82) is 0 Å². The van der Waals surface area contributed by atoms with Crippen LogP contribution in [0.25, 0.3) is 0 Å². The molecule has 0 unspecified atom stereocenters. The third-order valence-corrected chi connectivity index (χ3v) is 3.93. The molecule has 3 rings (SSSR count). The number of halogens is 3. The smallest absolute Gasteiger partial charge is 0.416 e. The maximum absolute atomic E-state index is 12.8. The van der Waals surface area contributed by atoms with Crippen molar-refractivity contribution >= 4 is 5.91 Å². The average Bonchev–Trinajstić information content (AvgIpc) is 2.71. The first-order valence-electron chi connectivity index (χ1n) is 8.48. The minimum absolute atomic E-state index is 0.0104. The zero-order valence-electron chi connectivity index (χ0n) is 14.7. The number of benzene rings is 2. The summed E-state index contributed by atoms with van der Waals surface area (Å²) in [6.07, 6.45) is -1.07. The molecular formula is C21H17F3N2O2. The summed E-state index contributed by atoms with van der Waals surface area (Å²) in [5.41, 5.74) is 0.870. The quantitative estimate of drug-likeness (QED) is 0.673. The number of nitrogens with one attached hydrogen (secondary N) is 1. The predicted octanol–water partition coefficient (Wildman–Crippen LogP) is 4.61. The maximum atomic E-state index is 12.8. The van der Waals surface area contributed by atoms with E-state index in [0.29, 0.717) is 23.5 Å². The summed E-state index contributed by atoms with van der Waals surface area (Å²) in [4.78, 5) is 16.3. The first-order chi connectivity index (χ1) is 13.4. The number of rotatable bonds is 6. The molecule has 0 aliphatic heterocycles. The molecule has 4 nitrogen and oxygen atoms in total. The van der Waals surface area contributed by atoms with Gasteiger partial charge in [-0.3, -0.25) is 9.78 Å². The van der Waals surface area contributed by atoms with Crippen LogP contribution < -0.4 is 10.1 Å². The van der Waals surface area contributed by atoms with E-state index in [-0.39, 0.29) is 6.54 Å². The number of hydrogen-bond donors (Lipinski definition) is 1. The van der Waals surface area contributed by atoms with E-state index in [1.165, 1.54) is 12.1 Å². The lowest BCUT2D eigenvalue weighted by Crippen LogP contribution is -2.23. The number of carbonyl (C=O) groups is 1. The summed E-state index contributed by atoms with van der Waals surface area (Å²) in [6, 6.07) is 15.1. The Morgan fingerprint density at radius 3 is 2.54 bits per heavy atom. The van der Waals surface area contributed by atoms with Gasteiger partial charge in [-0.15, -0.1) is 0 Å². The fourth-order valence-electron chi connectivity index (χ4n) is 2.52. The molecule has 0 saturated carbocycles. The monoisotopic (exact) mass is 386 g/mol. The van der Waals surface area contributed by atoms with Crippen molar-refractivity contribution in [3.8, 4) is 5.75 Å². The molecule has 0 radical (unpaired) electrons. The van der Waals surface area contributed by atoms with Crippen LogP contribution in [0.2, 0.25) is 0 Å². The molecule has 0 aliphatic rings. The number of amides is 1. The molecule has 3 aromatic rings. The number of aromatic nitrogens is 1.